The quantitative estimate of drug-likeness (QED) is 0.650. The van der Waals surface area contributed by atoms with E-state index < -0.39 is 24.4 Å². The average Bonchev–Trinajstić information content (AvgIpc) is 3.08. The third kappa shape index (κ3) is 6.19. The molecule has 0 aliphatic carbocycles. The Bertz CT molecular complexity index is 837. The van der Waals surface area contributed by atoms with E-state index in [0.29, 0.717) is 5.69 Å². The van der Waals surface area contributed by atoms with Crippen molar-refractivity contribution in [2.24, 2.45) is 5.73 Å². The zero-order chi connectivity index (χ0) is 19.8. The van der Waals surface area contributed by atoms with Crippen LogP contribution in [0.25, 0.3) is 0 Å². The fourth-order valence-corrected chi connectivity index (χ4v) is 2.81. The van der Waals surface area contributed by atoms with Crippen molar-refractivity contribution in [3.8, 4) is 0 Å². The summed E-state index contributed by atoms with van der Waals surface area (Å²) in [6, 6.07) is 8.66. The highest BCUT2D eigenvalue weighted by Crippen LogP contribution is 2.17. The molecule has 3 amide bonds. The molecule has 142 valence electrons. The second kappa shape index (κ2) is 9.43. The van der Waals surface area contributed by atoms with Crippen LogP contribution in [-0.4, -0.2) is 41.8 Å². The lowest BCUT2D eigenvalue weighted by molar-refractivity contribution is -0.122. The SMILES string of the molecule is CC(=O)Nc1nc(C(=O)OCC(=O)N(CCC(N)=O)c2ccccc2)cs1. The van der Waals surface area contributed by atoms with Crippen LogP contribution in [-0.2, 0) is 19.1 Å². The number of rotatable bonds is 8. The number of carbonyl (C=O) groups excluding carboxylic acids is 4. The number of hydrogen-bond acceptors (Lipinski definition) is 7. The van der Waals surface area contributed by atoms with Gasteiger partial charge in [-0.05, 0) is 12.1 Å². The minimum atomic E-state index is -0.792. The van der Waals surface area contributed by atoms with Crippen molar-refractivity contribution in [3.05, 3.63) is 41.4 Å². The van der Waals surface area contributed by atoms with Crippen LogP contribution in [0.4, 0.5) is 10.8 Å². The molecule has 0 bridgehead atoms. The molecule has 0 radical (unpaired) electrons. The first-order valence-corrected chi connectivity index (χ1v) is 8.78. The summed E-state index contributed by atoms with van der Waals surface area (Å²) in [6.45, 7) is 0.862. The molecular weight excluding hydrogens is 372 g/mol. The largest absolute Gasteiger partial charge is 0.451 e. The smallest absolute Gasteiger partial charge is 0.358 e. The van der Waals surface area contributed by atoms with Gasteiger partial charge in [-0.3, -0.25) is 14.4 Å². The minimum Gasteiger partial charge on any atom is -0.451 e. The number of anilines is 2. The van der Waals surface area contributed by atoms with E-state index in [2.05, 4.69) is 10.3 Å². The van der Waals surface area contributed by atoms with Crippen molar-refractivity contribution in [2.45, 2.75) is 13.3 Å². The summed E-state index contributed by atoms with van der Waals surface area (Å²) in [5, 5.41) is 4.13. The molecule has 1 aromatic heterocycles. The number of aromatic nitrogens is 1. The fourth-order valence-electron chi connectivity index (χ4n) is 2.08. The maximum atomic E-state index is 12.5. The summed E-state index contributed by atoms with van der Waals surface area (Å²) in [4.78, 5) is 51.8. The minimum absolute atomic E-state index is 0.0139. The van der Waals surface area contributed by atoms with E-state index in [1.165, 1.54) is 17.2 Å². The Hall–Kier alpha value is -3.27. The lowest BCUT2D eigenvalue weighted by Crippen LogP contribution is -2.37. The van der Waals surface area contributed by atoms with Crippen LogP contribution in [0.3, 0.4) is 0 Å². The monoisotopic (exact) mass is 390 g/mol. The Labute approximate surface area is 159 Å². The molecule has 0 fully saturated rings. The van der Waals surface area contributed by atoms with Gasteiger partial charge in [-0.25, -0.2) is 9.78 Å². The maximum absolute atomic E-state index is 12.5. The topological polar surface area (TPSA) is 132 Å². The number of primary amides is 1. The molecule has 0 aliphatic heterocycles. The summed E-state index contributed by atoms with van der Waals surface area (Å²) in [7, 11) is 0. The summed E-state index contributed by atoms with van der Waals surface area (Å²) in [5.41, 5.74) is 5.70. The Kier molecular flexibility index (Phi) is 7.00. The van der Waals surface area contributed by atoms with Crippen molar-refractivity contribution in [1.29, 1.82) is 0 Å². The Balaban J connectivity index is 1.99. The van der Waals surface area contributed by atoms with Crippen LogP contribution in [0, 0.1) is 0 Å². The molecule has 1 heterocycles. The molecule has 0 spiro atoms. The average molecular weight is 390 g/mol. The predicted octanol–water partition coefficient (Wildman–Crippen LogP) is 1.17. The van der Waals surface area contributed by atoms with E-state index in [9.17, 15) is 19.2 Å². The van der Waals surface area contributed by atoms with E-state index in [1.54, 1.807) is 30.3 Å². The number of esters is 1. The molecule has 0 saturated heterocycles. The van der Waals surface area contributed by atoms with Crippen molar-refractivity contribution >= 4 is 45.8 Å². The second-order valence-electron chi connectivity index (χ2n) is 5.39. The number of ether oxygens (including phenoxy) is 1. The Morgan fingerprint density at radius 1 is 1.22 bits per heavy atom. The highest BCUT2D eigenvalue weighted by atomic mass is 32.1. The lowest BCUT2D eigenvalue weighted by atomic mass is 10.2. The molecule has 0 atom stereocenters. The summed E-state index contributed by atoms with van der Waals surface area (Å²) < 4.78 is 5.00. The maximum Gasteiger partial charge on any atom is 0.358 e. The number of nitrogens with zero attached hydrogens (tertiary/aromatic N) is 2. The summed E-state index contributed by atoms with van der Waals surface area (Å²) in [6.07, 6.45) is -0.0270. The first-order chi connectivity index (χ1) is 12.9. The Morgan fingerprint density at radius 2 is 1.93 bits per heavy atom. The van der Waals surface area contributed by atoms with Gasteiger partial charge < -0.3 is 20.7 Å². The van der Waals surface area contributed by atoms with Gasteiger partial charge in [0, 0.05) is 31.0 Å². The lowest BCUT2D eigenvalue weighted by Gasteiger charge is -2.22. The van der Waals surface area contributed by atoms with Gasteiger partial charge in [0.2, 0.25) is 11.8 Å². The van der Waals surface area contributed by atoms with Crippen molar-refractivity contribution < 1.29 is 23.9 Å². The van der Waals surface area contributed by atoms with E-state index in [4.69, 9.17) is 10.5 Å². The molecule has 0 unspecified atom stereocenters. The van der Waals surface area contributed by atoms with Gasteiger partial charge in [-0.2, -0.15) is 0 Å². The zero-order valence-corrected chi connectivity index (χ0v) is 15.3. The second-order valence-corrected chi connectivity index (χ2v) is 6.25. The van der Waals surface area contributed by atoms with Crippen molar-refractivity contribution in [1.82, 2.24) is 4.98 Å². The van der Waals surface area contributed by atoms with Crippen LogP contribution in [0.15, 0.2) is 35.7 Å². The molecule has 10 heteroatoms. The van der Waals surface area contributed by atoms with Crippen LogP contribution < -0.4 is 16.0 Å². The molecule has 2 rings (SSSR count). The number of amides is 3. The fraction of sp³-hybridized carbons (Fsp3) is 0.235. The van der Waals surface area contributed by atoms with Crippen LogP contribution in [0.5, 0.6) is 0 Å². The number of para-hydroxylation sites is 1. The van der Waals surface area contributed by atoms with Crippen LogP contribution in [0.1, 0.15) is 23.8 Å². The van der Waals surface area contributed by atoms with Gasteiger partial charge in [0.05, 0.1) is 0 Å². The first kappa shape index (κ1) is 20.0. The summed E-state index contributed by atoms with van der Waals surface area (Å²) in [5.74, 6) is -2.16. The molecule has 1 aromatic carbocycles. The van der Waals surface area contributed by atoms with Gasteiger partial charge in [0.25, 0.3) is 5.91 Å². The van der Waals surface area contributed by atoms with Gasteiger partial charge in [0.1, 0.15) is 0 Å². The van der Waals surface area contributed by atoms with E-state index in [1.807, 2.05) is 0 Å². The van der Waals surface area contributed by atoms with E-state index >= 15 is 0 Å². The molecule has 0 aliphatic rings. The van der Waals surface area contributed by atoms with Gasteiger partial charge >= 0.3 is 5.97 Å². The standard InChI is InChI=1S/C17H18N4O5S/c1-11(22)19-17-20-13(10-27-17)16(25)26-9-15(24)21(8-7-14(18)23)12-5-3-2-4-6-12/h2-6,10H,7-9H2,1H3,(H2,18,23)(H,19,20,22). The molecule has 2 aromatic rings. The van der Waals surface area contributed by atoms with Gasteiger partial charge in [-0.15, -0.1) is 11.3 Å². The zero-order valence-electron chi connectivity index (χ0n) is 14.5. The third-order valence-electron chi connectivity index (χ3n) is 3.27. The first-order valence-electron chi connectivity index (χ1n) is 7.90. The van der Waals surface area contributed by atoms with Crippen molar-refractivity contribution in [2.75, 3.05) is 23.4 Å². The molecule has 3 N–H and O–H groups in total. The predicted molar refractivity (Wildman–Crippen MR) is 99.3 cm³/mol. The van der Waals surface area contributed by atoms with E-state index in [-0.39, 0.29) is 29.7 Å². The Morgan fingerprint density at radius 3 is 2.56 bits per heavy atom. The number of benzene rings is 1. The number of carbonyl (C=O) groups is 4. The van der Waals surface area contributed by atoms with Gasteiger partial charge in [0.15, 0.2) is 17.4 Å². The third-order valence-corrected chi connectivity index (χ3v) is 4.03. The van der Waals surface area contributed by atoms with E-state index in [0.717, 1.165) is 11.3 Å². The number of nitrogens with one attached hydrogen (secondary N) is 1. The molecular formula is C17H18N4O5S. The normalized spacial score (nSPS) is 10.1. The highest BCUT2D eigenvalue weighted by molar-refractivity contribution is 7.14. The number of nitrogens with two attached hydrogens (primary N) is 1. The summed E-state index contributed by atoms with van der Waals surface area (Å²) >= 11 is 1.06. The number of hydrogen-bond donors (Lipinski definition) is 2. The van der Waals surface area contributed by atoms with Crippen LogP contribution >= 0.6 is 11.3 Å². The highest BCUT2D eigenvalue weighted by Gasteiger charge is 2.20. The van der Waals surface area contributed by atoms with Crippen LogP contribution in [0.2, 0.25) is 0 Å². The molecule has 27 heavy (non-hydrogen) atoms. The number of thiazole rings is 1. The van der Waals surface area contributed by atoms with Gasteiger partial charge in [-0.1, -0.05) is 18.2 Å². The van der Waals surface area contributed by atoms with Crippen molar-refractivity contribution in [3.63, 3.8) is 0 Å². The molecule has 0 saturated carbocycles. The molecule has 9 nitrogen and oxygen atoms in total.